The predicted octanol–water partition coefficient (Wildman–Crippen LogP) is 4.76. The molecule has 3 aromatic carbocycles. The molecule has 0 aliphatic heterocycles. The van der Waals surface area contributed by atoms with E-state index >= 15 is 0 Å². The van der Waals surface area contributed by atoms with E-state index in [-0.39, 0.29) is 23.4 Å². The van der Waals surface area contributed by atoms with E-state index < -0.39 is 28.5 Å². The zero-order valence-electron chi connectivity index (χ0n) is 23.0. The van der Waals surface area contributed by atoms with Crippen LogP contribution in [-0.2, 0) is 26.2 Å². The number of anilines is 1. The first-order valence-corrected chi connectivity index (χ1v) is 15.2. The van der Waals surface area contributed by atoms with Crippen molar-refractivity contribution < 1.29 is 22.7 Å². The largest absolute Gasteiger partial charge is 0.494 e. The topological polar surface area (TPSA) is 96.0 Å². The van der Waals surface area contributed by atoms with Crippen molar-refractivity contribution in [3.63, 3.8) is 0 Å². The Bertz CT molecular complexity index is 1360. The van der Waals surface area contributed by atoms with Crippen molar-refractivity contribution >= 4 is 27.5 Å². The van der Waals surface area contributed by atoms with Gasteiger partial charge in [-0.1, -0.05) is 61.4 Å². The number of benzene rings is 3. The van der Waals surface area contributed by atoms with Gasteiger partial charge < -0.3 is 15.0 Å². The van der Waals surface area contributed by atoms with Crippen molar-refractivity contribution in [2.45, 2.75) is 63.1 Å². The summed E-state index contributed by atoms with van der Waals surface area (Å²) in [5.74, 6) is -0.126. The summed E-state index contributed by atoms with van der Waals surface area (Å²) >= 11 is 0. The molecule has 8 nitrogen and oxygen atoms in total. The average Bonchev–Trinajstić information content (AvgIpc) is 3.49. The quantitative estimate of drug-likeness (QED) is 0.343. The van der Waals surface area contributed by atoms with Gasteiger partial charge in [-0.2, -0.15) is 0 Å². The lowest BCUT2D eigenvalue weighted by Crippen LogP contribution is -2.52. The van der Waals surface area contributed by atoms with Crippen molar-refractivity contribution in [3.05, 3.63) is 90.5 Å². The standard InChI is InChI=1S/C31H37N3O5S/c1-3-39-28-20-18-27(19-21-28)34(40(37,38)29-16-8-5-9-17-29)23-30(35)33(22-25-12-6-4-7-13-25)24(2)31(36)32-26-14-10-11-15-26/h4-9,12-13,16-21,24,26H,3,10-11,14-15,22-23H2,1-2H3,(H,32,36). The van der Waals surface area contributed by atoms with Crippen molar-refractivity contribution in [3.8, 4) is 5.75 Å². The normalized spacial score (nSPS) is 14.3. The molecular weight excluding hydrogens is 526 g/mol. The van der Waals surface area contributed by atoms with Crippen LogP contribution >= 0.6 is 0 Å². The highest BCUT2D eigenvalue weighted by Gasteiger charge is 2.33. The van der Waals surface area contributed by atoms with Gasteiger partial charge in [0.05, 0.1) is 17.2 Å². The number of carbonyl (C=O) groups excluding carboxylic acids is 2. The Morgan fingerprint density at radius 2 is 1.52 bits per heavy atom. The Morgan fingerprint density at radius 3 is 2.12 bits per heavy atom. The number of nitrogens with one attached hydrogen (secondary N) is 1. The fraction of sp³-hybridized carbons (Fsp3) is 0.355. The zero-order chi connectivity index (χ0) is 28.5. The lowest BCUT2D eigenvalue weighted by Gasteiger charge is -2.32. The van der Waals surface area contributed by atoms with Gasteiger partial charge in [0.1, 0.15) is 18.3 Å². The van der Waals surface area contributed by atoms with Crippen LogP contribution in [0.2, 0.25) is 0 Å². The maximum absolute atomic E-state index is 14.0. The fourth-order valence-electron chi connectivity index (χ4n) is 4.88. The van der Waals surface area contributed by atoms with Gasteiger partial charge >= 0.3 is 0 Å². The molecule has 0 spiro atoms. The van der Waals surface area contributed by atoms with Crippen LogP contribution in [-0.4, -0.2) is 50.4 Å². The number of carbonyl (C=O) groups is 2. The molecule has 0 aromatic heterocycles. The summed E-state index contributed by atoms with van der Waals surface area (Å²) in [4.78, 5) is 28.8. The maximum Gasteiger partial charge on any atom is 0.264 e. The summed E-state index contributed by atoms with van der Waals surface area (Å²) in [6.07, 6.45) is 3.98. The summed E-state index contributed by atoms with van der Waals surface area (Å²) < 4.78 is 34.3. The molecule has 3 aromatic rings. The van der Waals surface area contributed by atoms with E-state index in [2.05, 4.69) is 5.32 Å². The number of amides is 2. The van der Waals surface area contributed by atoms with Crippen LogP contribution in [0.3, 0.4) is 0 Å². The van der Waals surface area contributed by atoms with Gasteiger partial charge in [-0.3, -0.25) is 13.9 Å². The Hall–Kier alpha value is -3.85. The molecular formula is C31H37N3O5S. The number of sulfonamides is 1. The van der Waals surface area contributed by atoms with E-state index in [9.17, 15) is 18.0 Å². The Labute approximate surface area is 237 Å². The monoisotopic (exact) mass is 563 g/mol. The van der Waals surface area contributed by atoms with Crippen LogP contribution in [0.4, 0.5) is 5.69 Å². The zero-order valence-corrected chi connectivity index (χ0v) is 23.8. The predicted molar refractivity (Wildman–Crippen MR) is 155 cm³/mol. The van der Waals surface area contributed by atoms with Crippen LogP contribution in [0, 0.1) is 0 Å². The molecule has 2 amide bonds. The van der Waals surface area contributed by atoms with Crippen LogP contribution in [0.25, 0.3) is 0 Å². The molecule has 4 rings (SSSR count). The van der Waals surface area contributed by atoms with Gasteiger partial charge in [0.15, 0.2) is 0 Å². The molecule has 0 heterocycles. The van der Waals surface area contributed by atoms with Gasteiger partial charge in [-0.05, 0) is 68.7 Å². The number of rotatable bonds is 12. The van der Waals surface area contributed by atoms with E-state index in [0.29, 0.717) is 18.0 Å². The Kier molecular flexibility index (Phi) is 9.82. The SMILES string of the molecule is CCOc1ccc(N(CC(=O)N(Cc2ccccc2)C(C)C(=O)NC2CCCC2)S(=O)(=O)c2ccccc2)cc1. The van der Waals surface area contributed by atoms with Gasteiger partial charge in [-0.25, -0.2) is 8.42 Å². The van der Waals surface area contributed by atoms with Crippen molar-refractivity contribution in [2.75, 3.05) is 17.5 Å². The van der Waals surface area contributed by atoms with Crippen molar-refractivity contribution in [2.24, 2.45) is 0 Å². The van der Waals surface area contributed by atoms with Crippen LogP contribution in [0.1, 0.15) is 45.1 Å². The van der Waals surface area contributed by atoms with E-state index in [1.165, 1.54) is 17.0 Å². The van der Waals surface area contributed by atoms with Crippen LogP contribution in [0.5, 0.6) is 5.75 Å². The highest BCUT2D eigenvalue weighted by atomic mass is 32.2. The molecule has 0 saturated heterocycles. The molecule has 1 atom stereocenters. The molecule has 9 heteroatoms. The number of ether oxygens (including phenoxy) is 1. The van der Waals surface area contributed by atoms with Crippen LogP contribution in [0.15, 0.2) is 89.8 Å². The van der Waals surface area contributed by atoms with Gasteiger partial charge in [0.25, 0.3) is 10.0 Å². The van der Waals surface area contributed by atoms with Gasteiger partial charge in [0.2, 0.25) is 11.8 Å². The summed E-state index contributed by atoms with van der Waals surface area (Å²) in [5, 5.41) is 3.08. The second-order valence-electron chi connectivity index (χ2n) is 9.92. The number of nitrogens with zero attached hydrogens (tertiary/aromatic N) is 2. The third-order valence-corrected chi connectivity index (χ3v) is 8.90. The molecule has 0 bridgehead atoms. The number of hydrogen-bond acceptors (Lipinski definition) is 5. The maximum atomic E-state index is 14.0. The van der Waals surface area contributed by atoms with Gasteiger partial charge in [0, 0.05) is 12.6 Å². The molecule has 212 valence electrons. The third-order valence-electron chi connectivity index (χ3n) is 7.11. The highest BCUT2D eigenvalue weighted by molar-refractivity contribution is 7.92. The molecule has 40 heavy (non-hydrogen) atoms. The van der Waals surface area contributed by atoms with Gasteiger partial charge in [-0.15, -0.1) is 0 Å². The summed E-state index contributed by atoms with van der Waals surface area (Å²) in [6, 6.07) is 23.3. The highest BCUT2D eigenvalue weighted by Crippen LogP contribution is 2.27. The summed E-state index contributed by atoms with van der Waals surface area (Å²) in [5.41, 5.74) is 1.17. The van der Waals surface area contributed by atoms with E-state index in [1.807, 2.05) is 37.3 Å². The van der Waals surface area contributed by atoms with Crippen molar-refractivity contribution in [1.82, 2.24) is 10.2 Å². The minimum Gasteiger partial charge on any atom is -0.494 e. The van der Waals surface area contributed by atoms with Crippen molar-refractivity contribution in [1.29, 1.82) is 0 Å². The summed E-state index contributed by atoms with van der Waals surface area (Å²) in [6.45, 7) is 3.72. The second-order valence-corrected chi connectivity index (χ2v) is 11.8. The molecule has 0 radical (unpaired) electrons. The minimum absolute atomic E-state index is 0.0679. The smallest absolute Gasteiger partial charge is 0.264 e. The molecule has 1 aliphatic rings. The summed E-state index contributed by atoms with van der Waals surface area (Å²) in [7, 11) is -4.10. The minimum atomic E-state index is -4.10. The fourth-order valence-corrected chi connectivity index (χ4v) is 6.31. The van der Waals surface area contributed by atoms with E-state index in [0.717, 1.165) is 35.6 Å². The van der Waals surface area contributed by atoms with E-state index in [1.54, 1.807) is 49.4 Å². The van der Waals surface area contributed by atoms with Crippen LogP contribution < -0.4 is 14.4 Å². The molecule has 1 unspecified atom stereocenters. The second kappa shape index (κ2) is 13.5. The van der Waals surface area contributed by atoms with E-state index in [4.69, 9.17) is 4.74 Å². The first-order valence-electron chi connectivity index (χ1n) is 13.7. The molecule has 1 N–H and O–H groups in total. The Morgan fingerprint density at radius 1 is 0.925 bits per heavy atom. The number of hydrogen-bond donors (Lipinski definition) is 1. The first-order chi connectivity index (χ1) is 19.3. The lowest BCUT2D eigenvalue weighted by atomic mass is 10.1. The molecule has 1 fully saturated rings. The lowest BCUT2D eigenvalue weighted by molar-refractivity contribution is -0.139. The molecule has 1 saturated carbocycles. The molecule has 1 aliphatic carbocycles. The average molecular weight is 564 g/mol. The Balaban J connectivity index is 1.66. The third kappa shape index (κ3) is 7.21. The first kappa shape index (κ1) is 29.1.